The van der Waals surface area contributed by atoms with E-state index in [1.807, 2.05) is 24.0 Å². The third kappa shape index (κ3) is 6.54. The number of nitrogens with one attached hydrogen (secondary N) is 1. The first-order valence-corrected chi connectivity index (χ1v) is 13.6. The number of likely N-dealkylation sites (N-methyl/N-ethyl adjacent to an activating group) is 1. The van der Waals surface area contributed by atoms with Crippen molar-refractivity contribution in [1.29, 1.82) is 0 Å². The number of carbonyl (C=O) groups is 3. The Morgan fingerprint density at radius 3 is 2.36 bits per heavy atom. The van der Waals surface area contributed by atoms with E-state index in [0.29, 0.717) is 60.3 Å². The number of ether oxygens (including phenoxy) is 2. The van der Waals surface area contributed by atoms with Crippen LogP contribution in [0.25, 0.3) is 0 Å². The van der Waals surface area contributed by atoms with Crippen LogP contribution in [0.5, 0.6) is 5.75 Å². The summed E-state index contributed by atoms with van der Waals surface area (Å²) in [7, 11) is 1.59. The molecule has 39 heavy (non-hydrogen) atoms. The Bertz CT molecular complexity index is 1220. The van der Waals surface area contributed by atoms with Crippen molar-refractivity contribution in [1.82, 2.24) is 20.0 Å². The number of esters is 1. The minimum Gasteiger partial charge on any atom is -0.497 e. The van der Waals surface area contributed by atoms with Gasteiger partial charge in [0.1, 0.15) is 5.75 Å². The van der Waals surface area contributed by atoms with Gasteiger partial charge in [-0.15, -0.1) is 0 Å². The number of urea groups is 1. The lowest BCUT2D eigenvalue weighted by atomic mass is 9.94. The average Bonchev–Trinajstić information content (AvgIpc) is 3.18. The minimum atomic E-state index is -0.657. The van der Waals surface area contributed by atoms with Crippen molar-refractivity contribution in [3.05, 3.63) is 76.0 Å². The van der Waals surface area contributed by atoms with Crippen molar-refractivity contribution >= 4 is 29.5 Å². The molecule has 2 aliphatic heterocycles. The zero-order valence-electron chi connectivity index (χ0n) is 22.6. The van der Waals surface area contributed by atoms with Gasteiger partial charge >= 0.3 is 12.0 Å². The van der Waals surface area contributed by atoms with Gasteiger partial charge < -0.3 is 19.7 Å². The molecule has 9 nitrogen and oxygen atoms in total. The van der Waals surface area contributed by atoms with E-state index >= 15 is 0 Å². The van der Waals surface area contributed by atoms with Crippen molar-refractivity contribution < 1.29 is 23.9 Å². The van der Waals surface area contributed by atoms with E-state index in [2.05, 4.69) is 10.2 Å². The van der Waals surface area contributed by atoms with E-state index in [9.17, 15) is 14.4 Å². The third-order valence-corrected chi connectivity index (χ3v) is 7.29. The second kappa shape index (κ2) is 13.0. The molecule has 0 aliphatic carbocycles. The highest BCUT2D eigenvalue weighted by Crippen LogP contribution is 2.33. The number of halogens is 1. The van der Waals surface area contributed by atoms with Gasteiger partial charge in [-0.3, -0.25) is 14.6 Å². The Kier molecular flexibility index (Phi) is 9.48. The second-order valence-electron chi connectivity index (χ2n) is 9.41. The van der Waals surface area contributed by atoms with Crippen molar-refractivity contribution in [2.24, 2.45) is 0 Å². The molecule has 2 heterocycles. The van der Waals surface area contributed by atoms with Crippen LogP contribution < -0.4 is 10.1 Å². The highest BCUT2D eigenvalue weighted by molar-refractivity contribution is 6.30. The highest BCUT2D eigenvalue weighted by Gasteiger charge is 2.38. The fourth-order valence-electron chi connectivity index (χ4n) is 5.02. The van der Waals surface area contributed by atoms with Gasteiger partial charge in [0.05, 0.1) is 25.3 Å². The molecule has 1 fully saturated rings. The highest BCUT2D eigenvalue weighted by atomic mass is 35.5. The molecule has 0 spiro atoms. The van der Waals surface area contributed by atoms with E-state index in [4.69, 9.17) is 21.1 Å². The number of hydrogen-bond donors (Lipinski definition) is 1. The van der Waals surface area contributed by atoms with Crippen molar-refractivity contribution in [3.8, 4) is 5.75 Å². The Morgan fingerprint density at radius 1 is 1.00 bits per heavy atom. The maximum absolute atomic E-state index is 13.4. The molecule has 2 aliphatic rings. The lowest BCUT2D eigenvalue weighted by Gasteiger charge is -2.38. The van der Waals surface area contributed by atoms with E-state index in [1.165, 1.54) is 0 Å². The largest absolute Gasteiger partial charge is 0.497 e. The first-order chi connectivity index (χ1) is 18.9. The molecule has 1 unspecified atom stereocenters. The van der Waals surface area contributed by atoms with Crippen LogP contribution in [0.1, 0.15) is 42.2 Å². The Morgan fingerprint density at radius 2 is 1.72 bits per heavy atom. The molecule has 2 aromatic carbocycles. The molecular formula is C29H35ClN4O5. The summed E-state index contributed by atoms with van der Waals surface area (Å²) in [4.78, 5) is 45.3. The molecular weight excluding hydrogens is 520 g/mol. The van der Waals surface area contributed by atoms with Gasteiger partial charge in [-0.2, -0.15) is 0 Å². The van der Waals surface area contributed by atoms with E-state index < -0.39 is 12.0 Å². The van der Waals surface area contributed by atoms with Crippen LogP contribution in [0.2, 0.25) is 5.02 Å². The van der Waals surface area contributed by atoms with Gasteiger partial charge in [0, 0.05) is 55.6 Å². The summed E-state index contributed by atoms with van der Waals surface area (Å²) in [5.41, 5.74) is 2.40. The van der Waals surface area contributed by atoms with Gasteiger partial charge in [0.25, 0.3) is 5.91 Å². The van der Waals surface area contributed by atoms with Gasteiger partial charge in [0.2, 0.25) is 0 Å². The topological polar surface area (TPSA) is 91.4 Å². The maximum Gasteiger partial charge on any atom is 0.338 e. The van der Waals surface area contributed by atoms with Crippen LogP contribution >= 0.6 is 11.6 Å². The standard InChI is InChI=1S/C29H35ClN4O5/c1-4-34-24(19-32-15-6-16-33(18-17-32)27(35)21-7-11-22(30)12-8-21)25(28(36)39-5-2)26(31-29(34)37)20-9-13-23(38-3)14-10-20/h7-14,26H,4-6,15-19H2,1-3H3,(H,31,37). The molecule has 1 N–H and O–H groups in total. The van der Waals surface area contributed by atoms with E-state index in [1.54, 1.807) is 55.3 Å². The number of hydrogen-bond acceptors (Lipinski definition) is 6. The molecule has 1 saturated heterocycles. The number of carbonyl (C=O) groups excluding carboxylic acids is 3. The lowest BCUT2D eigenvalue weighted by molar-refractivity contribution is -0.139. The number of nitrogens with zero attached hydrogens (tertiary/aromatic N) is 3. The first-order valence-electron chi connectivity index (χ1n) is 13.3. The zero-order valence-corrected chi connectivity index (χ0v) is 23.4. The number of amides is 3. The number of benzene rings is 2. The summed E-state index contributed by atoms with van der Waals surface area (Å²) in [6, 6.07) is 13.3. The molecule has 4 rings (SSSR count). The smallest absolute Gasteiger partial charge is 0.338 e. The van der Waals surface area contributed by atoms with Crippen LogP contribution in [-0.4, -0.2) is 85.6 Å². The monoisotopic (exact) mass is 554 g/mol. The molecule has 0 aromatic heterocycles. The zero-order chi connectivity index (χ0) is 27.9. The normalized spacial score (nSPS) is 18.5. The SMILES string of the molecule is CCOC(=O)C1=C(CN2CCCN(C(=O)c3ccc(Cl)cc3)CC2)N(CC)C(=O)NC1c1ccc(OC)cc1. The van der Waals surface area contributed by atoms with Crippen LogP contribution in [0, 0.1) is 0 Å². The molecule has 1 atom stereocenters. The van der Waals surface area contributed by atoms with Crippen LogP contribution in [0.15, 0.2) is 59.8 Å². The van der Waals surface area contributed by atoms with E-state index in [-0.39, 0.29) is 18.5 Å². The minimum absolute atomic E-state index is 0.0354. The predicted octanol–water partition coefficient (Wildman–Crippen LogP) is 4.10. The summed E-state index contributed by atoms with van der Waals surface area (Å²) in [5.74, 6) is 0.188. The molecule has 0 saturated carbocycles. The molecule has 10 heteroatoms. The molecule has 208 valence electrons. The van der Waals surface area contributed by atoms with Crippen LogP contribution in [0.3, 0.4) is 0 Å². The summed E-state index contributed by atoms with van der Waals surface area (Å²) in [6.07, 6.45) is 0.765. The summed E-state index contributed by atoms with van der Waals surface area (Å²) < 4.78 is 10.8. The van der Waals surface area contributed by atoms with Gasteiger partial charge in [0.15, 0.2) is 0 Å². The van der Waals surface area contributed by atoms with E-state index in [0.717, 1.165) is 18.5 Å². The molecule has 0 bridgehead atoms. The first kappa shape index (κ1) is 28.4. The van der Waals surface area contributed by atoms with Crippen molar-refractivity contribution in [3.63, 3.8) is 0 Å². The molecule has 3 amide bonds. The summed E-state index contributed by atoms with van der Waals surface area (Å²) >= 11 is 5.98. The third-order valence-electron chi connectivity index (χ3n) is 7.04. The van der Waals surface area contributed by atoms with Gasteiger partial charge in [-0.1, -0.05) is 23.7 Å². The Balaban J connectivity index is 1.61. The second-order valence-corrected chi connectivity index (χ2v) is 9.85. The predicted molar refractivity (Wildman–Crippen MR) is 149 cm³/mol. The van der Waals surface area contributed by atoms with Gasteiger partial charge in [-0.25, -0.2) is 9.59 Å². The molecule has 2 aromatic rings. The Hall–Kier alpha value is -3.56. The lowest BCUT2D eigenvalue weighted by Crippen LogP contribution is -2.51. The van der Waals surface area contributed by atoms with Crippen LogP contribution in [-0.2, 0) is 9.53 Å². The maximum atomic E-state index is 13.4. The summed E-state index contributed by atoms with van der Waals surface area (Å²) in [6.45, 7) is 7.11. The summed E-state index contributed by atoms with van der Waals surface area (Å²) in [5, 5.41) is 3.58. The fraction of sp³-hybridized carbons (Fsp3) is 0.414. The Labute approximate surface area is 234 Å². The quantitative estimate of drug-likeness (QED) is 0.494. The van der Waals surface area contributed by atoms with Crippen molar-refractivity contribution in [2.45, 2.75) is 26.3 Å². The molecule has 0 radical (unpaired) electrons. The fourth-order valence-corrected chi connectivity index (χ4v) is 5.15. The van der Waals surface area contributed by atoms with Crippen molar-refractivity contribution in [2.75, 3.05) is 53.0 Å². The average molecular weight is 555 g/mol. The number of rotatable bonds is 8. The van der Waals surface area contributed by atoms with Gasteiger partial charge in [-0.05, 0) is 62.2 Å². The number of methoxy groups -OCH3 is 1. The van der Waals surface area contributed by atoms with Crippen LogP contribution in [0.4, 0.5) is 4.79 Å².